The van der Waals surface area contributed by atoms with Crippen LogP contribution in [0.5, 0.6) is 0 Å². The lowest BCUT2D eigenvalue weighted by Crippen LogP contribution is -1.94. The molecule has 0 aromatic carbocycles. The van der Waals surface area contributed by atoms with Gasteiger partial charge in [0.15, 0.2) is 5.65 Å². The third-order valence-electron chi connectivity index (χ3n) is 1.79. The summed E-state index contributed by atoms with van der Waals surface area (Å²) in [5.74, 6) is 0.408. The van der Waals surface area contributed by atoms with Gasteiger partial charge in [0, 0.05) is 0 Å². The van der Waals surface area contributed by atoms with Crippen molar-refractivity contribution in [1.82, 2.24) is 20.2 Å². The lowest BCUT2D eigenvalue weighted by Gasteiger charge is -2.00. The van der Waals surface area contributed by atoms with E-state index in [2.05, 4.69) is 34.0 Å². The molecule has 0 bridgehead atoms. The molecular formula is C8H10N4. The molecule has 62 valence electrons. The second kappa shape index (κ2) is 2.55. The van der Waals surface area contributed by atoms with Gasteiger partial charge in [-0.2, -0.15) is 5.10 Å². The highest BCUT2D eigenvalue weighted by Crippen LogP contribution is 2.13. The van der Waals surface area contributed by atoms with Gasteiger partial charge < -0.3 is 4.98 Å². The van der Waals surface area contributed by atoms with Gasteiger partial charge in [0.2, 0.25) is 0 Å². The van der Waals surface area contributed by atoms with E-state index in [0.717, 1.165) is 11.2 Å². The van der Waals surface area contributed by atoms with E-state index in [0.29, 0.717) is 11.6 Å². The largest absolute Gasteiger partial charge is 0.343 e. The van der Waals surface area contributed by atoms with E-state index in [1.165, 1.54) is 0 Å². The van der Waals surface area contributed by atoms with Crippen molar-refractivity contribution in [2.24, 2.45) is 0 Å². The lowest BCUT2D eigenvalue weighted by molar-refractivity contribution is 0.793. The summed E-state index contributed by atoms with van der Waals surface area (Å²) in [5.41, 5.74) is 2.62. The van der Waals surface area contributed by atoms with Crippen LogP contribution in [0.15, 0.2) is 12.4 Å². The van der Waals surface area contributed by atoms with Crippen molar-refractivity contribution in [3.63, 3.8) is 0 Å². The van der Waals surface area contributed by atoms with Gasteiger partial charge in [0.1, 0.15) is 0 Å². The van der Waals surface area contributed by atoms with Crippen LogP contribution in [0.4, 0.5) is 0 Å². The topological polar surface area (TPSA) is 54.5 Å². The molecule has 0 aliphatic carbocycles. The van der Waals surface area contributed by atoms with Crippen molar-refractivity contribution in [3.8, 4) is 0 Å². The van der Waals surface area contributed by atoms with E-state index in [9.17, 15) is 0 Å². The average Bonchev–Trinajstić information content (AvgIpc) is 2.49. The molecule has 0 saturated carbocycles. The molecule has 0 aliphatic heterocycles. The number of aromatic amines is 1. The Hall–Kier alpha value is -1.45. The maximum absolute atomic E-state index is 4.05. The van der Waals surface area contributed by atoms with Gasteiger partial charge >= 0.3 is 0 Å². The fourth-order valence-electron chi connectivity index (χ4n) is 1.05. The van der Waals surface area contributed by atoms with Gasteiger partial charge in [-0.25, -0.2) is 4.98 Å². The van der Waals surface area contributed by atoms with Crippen LogP contribution in [0, 0.1) is 0 Å². The Balaban J connectivity index is 2.60. The number of hydrogen-bond donors (Lipinski definition) is 1. The Labute approximate surface area is 70.0 Å². The van der Waals surface area contributed by atoms with Gasteiger partial charge in [0.25, 0.3) is 0 Å². The van der Waals surface area contributed by atoms with Gasteiger partial charge in [-0.3, -0.25) is 0 Å². The number of fused-ring (bicyclic) bond motifs is 1. The van der Waals surface area contributed by atoms with Crippen LogP contribution in [0.3, 0.4) is 0 Å². The number of nitrogens with one attached hydrogen (secondary N) is 1. The number of H-pyrrole nitrogens is 1. The predicted octanol–water partition coefficient (Wildman–Crippen LogP) is 1.48. The molecule has 12 heavy (non-hydrogen) atoms. The molecule has 0 spiro atoms. The molecule has 0 atom stereocenters. The van der Waals surface area contributed by atoms with E-state index >= 15 is 0 Å². The van der Waals surface area contributed by atoms with E-state index in [1.807, 2.05) is 6.07 Å². The summed E-state index contributed by atoms with van der Waals surface area (Å²) in [4.78, 5) is 6.99. The summed E-state index contributed by atoms with van der Waals surface area (Å²) in [5, 5.41) is 8.02. The first kappa shape index (κ1) is 7.21. The predicted molar refractivity (Wildman–Crippen MR) is 45.8 cm³/mol. The molecule has 0 saturated heterocycles. The molecule has 4 heteroatoms. The molecule has 1 N–H and O–H groups in total. The molecule has 0 amide bonds. The summed E-state index contributed by atoms with van der Waals surface area (Å²) < 4.78 is 0. The Morgan fingerprint density at radius 3 is 2.92 bits per heavy atom. The number of rotatable bonds is 1. The second-order valence-electron chi connectivity index (χ2n) is 3.06. The SMILES string of the molecule is CC(C)c1cc2[nH]cnc2nn1. The Morgan fingerprint density at radius 2 is 2.17 bits per heavy atom. The quantitative estimate of drug-likeness (QED) is 0.690. The zero-order valence-corrected chi connectivity index (χ0v) is 7.07. The van der Waals surface area contributed by atoms with Gasteiger partial charge in [-0.15, -0.1) is 5.10 Å². The third-order valence-corrected chi connectivity index (χ3v) is 1.79. The smallest absolute Gasteiger partial charge is 0.199 e. The van der Waals surface area contributed by atoms with Crippen molar-refractivity contribution < 1.29 is 0 Å². The van der Waals surface area contributed by atoms with Crippen molar-refractivity contribution in [3.05, 3.63) is 18.1 Å². The van der Waals surface area contributed by atoms with Gasteiger partial charge in [-0.05, 0) is 12.0 Å². The van der Waals surface area contributed by atoms with Crippen LogP contribution in [-0.4, -0.2) is 20.2 Å². The molecule has 0 unspecified atom stereocenters. The minimum atomic E-state index is 0.408. The fourth-order valence-corrected chi connectivity index (χ4v) is 1.05. The molecular weight excluding hydrogens is 152 g/mol. The first-order valence-electron chi connectivity index (χ1n) is 3.94. The van der Waals surface area contributed by atoms with Crippen LogP contribution in [-0.2, 0) is 0 Å². The molecule has 2 rings (SSSR count). The molecule has 2 aromatic rings. The molecule has 0 radical (unpaired) electrons. The second-order valence-corrected chi connectivity index (χ2v) is 3.06. The summed E-state index contributed by atoms with van der Waals surface area (Å²) in [6, 6.07) is 1.99. The maximum Gasteiger partial charge on any atom is 0.199 e. The molecule has 0 fully saturated rings. The summed E-state index contributed by atoms with van der Waals surface area (Å²) >= 11 is 0. The van der Waals surface area contributed by atoms with Crippen molar-refractivity contribution in [2.45, 2.75) is 19.8 Å². The van der Waals surface area contributed by atoms with Crippen LogP contribution in [0.2, 0.25) is 0 Å². The van der Waals surface area contributed by atoms with Crippen LogP contribution >= 0.6 is 0 Å². The maximum atomic E-state index is 4.05. The highest BCUT2D eigenvalue weighted by Gasteiger charge is 2.04. The number of hydrogen-bond acceptors (Lipinski definition) is 3. The van der Waals surface area contributed by atoms with Crippen LogP contribution in [0.1, 0.15) is 25.5 Å². The Morgan fingerprint density at radius 1 is 1.33 bits per heavy atom. The van der Waals surface area contributed by atoms with E-state index in [1.54, 1.807) is 6.33 Å². The standard InChI is InChI=1S/C8H10N4/c1-5(2)6-3-7-8(12-11-6)10-4-9-7/h3-5H,1-2H3,(H,9,10,12). The molecule has 0 aliphatic rings. The summed E-state index contributed by atoms with van der Waals surface area (Å²) in [6.07, 6.45) is 1.63. The Kier molecular flexibility index (Phi) is 1.53. The van der Waals surface area contributed by atoms with Crippen molar-refractivity contribution in [1.29, 1.82) is 0 Å². The van der Waals surface area contributed by atoms with Gasteiger partial charge in [-0.1, -0.05) is 13.8 Å². The van der Waals surface area contributed by atoms with Crippen molar-refractivity contribution in [2.75, 3.05) is 0 Å². The third kappa shape index (κ3) is 1.05. The fraction of sp³-hybridized carbons (Fsp3) is 0.375. The molecule has 2 heterocycles. The number of nitrogens with zero attached hydrogens (tertiary/aromatic N) is 3. The first-order valence-corrected chi connectivity index (χ1v) is 3.94. The van der Waals surface area contributed by atoms with Crippen molar-refractivity contribution >= 4 is 11.2 Å². The molecule has 4 nitrogen and oxygen atoms in total. The van der Waals surface area contributed by atoms with E-state index < -0.39 is 0 Å². The zero-order valence-electron chi connectivity index (χ0n) is 7.07. The highest BCUT2D eigenvalue weighted by molar-refractivity contribution is 5.69. The number of aromatic nitrogens is 4. The Bertz CT molecular complexity index is 391. The minimum Gasteiger partial charge on any atom is -0.343 e. The minimum absolute atomic E-state index is 0.408. The average molecular weight is 162 g/mol. The summed E-state index contributed by atoms with van der Waals surface area (Å²) in [7, 11) is 0. The first-order chi connectivity index (χ1) is 5.77. The van der Waals surface area contributed by atoms with Gasteiger partial charge in [0.05, 0.1) is 17.5 Å². The van der Waals surface area contributed by atoms with E-state index in [-0.39, 0.29) is 0 Å². The summed E-state index contributed by atoms with van der Waals surface area (Å²) in [6.45, 7) is 4.18. The van der Waals surface area contributed by atoms with E-state index in [4.69, 9.17) is 0 Å². The van der Waals surface area contributed by atoms with Crippen LogP contribution in [0.25, 0.3) is 11.2 Å². The zero-order chi connectivity index (χ0) is 8.55. The normalized spacial score (nSPS) is 11.2. The highest BCUT2D eigenvalue weighted by atomic mass is 15.1. The number of imidazole rings is 1. The lowest BCUT2D eigenvalue weighted by atomic mass is 10.1. The molecule has 2 aromatic heterocycles. The monoisotopic (exact) mass is 162 g/mol. The van der Waals surface area contributed by atoms with Crippen LogP contribution < -0.4 is 0 Å².